The third-order valence-corrected chi connectivity index (χ3v) is 3.74. The highest BCUT2D eigenvalue weighted by Gasteiger charge is 2.23. The van der Waals surface area contributed by atoms with Crippen molar-refractivity contribution in [3.8, 4) is 5.88 Å². The molecular weight excluding hydrogens is 226 g/mol. The molecule has 1 fully saturated rings. The monoisotopic (exact) mass is 249 g/mol. The van der Waals surface area contributed by atoms with Crippen LogP contribution in [0.5, 0.6) is 5.88 Å². The lowest BCUT2D eigenvalue weighted by Crippen LogP contribution is -2.25. The van der Waals surface area contributed by atoms with Crippen LogP contribution >= 0.6 is 0 Å². The van der Waals surface area contributed by atoms with Gasteiger partial charge in [0.2, 0.25) is 11.8 Å². The van der Waals surface area contributed by atoms with Crippen LogP contribution in [-0.4, -0.2) is 23.1 Å². The largest absolute Gasteiger partial charge is 0.474 e. The van der Waals surface area contributed by atoms with Crippen molar-refractivity contribution in [1.29, 1.82) is 0 Å². The van der Waals surface area contributed by atoms with E-state index in [4.69, 9.17) is 4.74 Å². The molecule has 4 heteroatoms. The fourth-order valence-corrected chi connectivity index (χ4v) is 2.54. The lowest BCUT2D eigenvalue weighted by Gasteiger charge is -2.28. The Bertz CT molecular complexity index is 395. The highest BCUT2D eigenvalue weighted by atomic mass is 16.5. The van der Waals surface area contributed by atoms with Crippen LogP contribution in [-0.2, 0) is 0 Å². The van der Waals surface area contributed by atoms with E-state index in [1.807, 2.05) is 20.2 Å². The van der Waals surface area contributed by atoms with Crippen LogP contribution in [0, 0.1) is 12.8 Å². The Kier molecular flexibility index (Phi) is 4.39. The van der Waals surface area contributed by atoms with E-state index in [0.717, 1.165) is 30.2 Å². The van der Waals surface area contributed by atoms with Gasteiger partial charge in [-0.3, -0.25) is 0 Å². The van der Waals surface area contributed by atoms with Crippen LogP contribution in [0.3, 0.4) is 0 Å². The number of aromatic nitrogens is 2. The zero-order chi connectivity index (χ0) is 13.0. The van der Waals surface area contributed by atoms with E-state index in [1.54, 1.807) is 0 Å². The fraction of sp³-hybridized carbons (Fsp3) is 0.714. The van der Waals surface area contributed by atoms with Crippen LogP contribution in [0.25, 0.3) is 0 Å². The maximum absolute atomic E-state index is 6.07. The Morgan fingerprint density at radius 1 is 1.44 bits per heavy atom. The Morgan fingerprint density at radius 2 is 2.28 bits per heavy atom. The second kappa shape index (κ2) is 6.03. The van der Waals surface area contributed by atoms with Gasteiger partial charge in [0.05, 0.1) is 0 Å². The second-order valence-corrected chi connectivity index (χ2v) is 5.11. The van der Waals surface area contributed by atoms with Crippen molar-refractivity contribution >= 4 is 5.95 Å². The van der Waals surface area contributed by atoms with Gasteiger partial charge >= 0.3 is 0 Å². The first-order chi connectivity index (χ1) is 8.72. The zero-order valence-electron chi connectivity index (χ0n) is 11.6. The minimum Gasteiger partial charge on any atom is -0.474 e. The Hall–Kier alpha value is -1.32. The predicted molar refractivity (Wildman–Crippen MR) is 73.0 cm³/mol. The fourth-order valence-electron chi connectivity index (χ4n) is 2.54. The van der Waals surface area contributed by atoms with Crippen LogP contribution in [0.15, 0.2) is 6.20 Å². The van der Waals surface area contributed by atoms with Crippen LogP contribution in [0.4, 0.5) is 5.95 Å². The lowest BCUT2D eigenvalue weighted by atomic mass is 9.85. The summed E-state index contributed by atoms with van der Waals surface area (Å²) in [5.41, 5.74) is 1.01. The summed E-state index contributed by atoms with van der Waals surface area (Å²) in [5.74, 6) is 2.17. The molecule has 1 aromatic rings. The summed E-state index contributed by atoms with van der Waals surface area (Å²) in [7, 11) is 1.82. The Morgan fingerprint density at radius 3 is 3.00 bits per heavy atom. The third-order valence-electron chi connectivity index (χ3n) is 3.74. The maximum Gasteiger partial charge on any atom is 0.225 e. The summed E-state index contributed by atoms with van der Waals surface area (Å²) in [6.45, 7) is 4.26. The molecule has 0 aliphatic heterocycles. The number of nitrogens with zero attached hydrogens (tertiary/aromatic N) is 2. The van der Waals surface area contributed by atoms with E-state index in [2.05, 4.69) is 22.2 Å². The molecule has 1 aliphatic carbocycles. The van der Waals surface area contributed by atoms with Crippen LogP contribution < -0.4 is 10.1 Å². The van der Waals surface area contributed by atoms with Crippen molar-refractivity contribution in [3.05, 3.63) is 11.8 Å². The summed E-state index contributed by atoms with van der Waals surface area (Å²) in [5, 5.41) is 2.95. The van der Waals surface area contributed by atoms with Crippen molar-refractivity contribution in [2.45, 2.75) is 52.1 Å². The van der Waals surface area contributed by atoms with Gasteiger partial charge in [0, 0.05) is 18.8 Å². The number of ether oxygens (including phenoxy) is 1. The number of anilines is 1. The normalized spacial score (nSPS) is 23.7. The van der Waals surface area contributed by atoms with Crippen molar-refractivity contribution in [3.63, 3.8) is 0 Å². The van der Waals surface area contributed by atoms with Crippen molar-refractivity contribution in [1.82, 2.24) is 9.97 Å². The van der Waals surface area contributed by atoms with Crippen LogP contribution in [0.1, 0.15) is 44.6 Å². The molecule has 18 heavy (non-hydrogen) atoms. The van der Waals surface area contributed by atoms with E-state index < -0.39 is 0 Å². The molecule has 0 aromatic carbocycles. The van der Waals surface area contributed by atoms with Crippen molar-refractivity contribution in [2.24, 2.45) is 5.92 Å². The van der Waals surface area contributed by atoms with Gasteiger partial charge in [0.15, 0.2) is 0 Å². The molecule has 0 spiro atoms. The van der Waals surface area contributed by atoms with Gasteiger partial charge in [-0.15, -0.1) is 0 Å². The highest BCUT2D eigenvalue weighted by molar-refractivity contribution is 5.31. The van der Waals surface area contributed by atoms with Gasteiger partial charge in [-0.25, -0.2) is 4.98 Å². The molecule has 1 N–H and O–H groups in total. The molecule has 100 valence electrons. The van der Waals surface area contributed by atoms with Crippen LogP contribution in [0.2, 0.25) is 0 Å². The molecule has 1 aromatic heterocycles. The van der Waals surface area contributed by atoms with Gasteiger partial charge in [-0.2, -0.15) is 4.98 Å². The standard InChI is InChI=1S/C14H23N3O/c1-4-11-6-5-7-12(8-11)18-13-10(2)9-16-14(15-3)17-13/h9,11-12H,4-8H2,1-3H3,(H,15,16,17). The average Bonchev–Trinajstić information content (AvgIpc) is 2.41. The minimum absolute atomic E-state index is 0.321. The molecular formula is C14H23N3O. The van der Waals surface area contributed by atoms with Gasteiger partial charge in [0.1, 0.15) is 6.10 Å². The molecule has 0 radical (unpaired) electrons. The first kappa shape index (κ1) is 13.1. The molecule has 1 heterocycles. The molecule has 2 unspecified atom stereocenters. The van der Waals surface area contributed by atoms with Gasteiger partial charge in [-0.1, -0.05) is 19.8 Å². The number of hydrogen-bond acceptors (Lipinski definition) is 4. The van der Waals surface area contributed by atoms with E-state index in [1.165, 1.54) is 19.3 Å². The highest BCUT2D eigenvalue weighted by Crippen LogP contribution is 2.30. The number of rotatable bonds is 4. The smallest absolute Gasteiger partial charge is 0.225 e. The summed E-state index contributed by atoms with van der Waals surface area (Å²) in [4.78, 5) is 8.57. The molecule has 0 amide bonds. The number of aryl methyl sites for hydroxylation is 1. The van der Waals surface area contributed by atoms with Gasteiger partial charge in [0.25, 0.3) is 0 Å². The molecule has 1 saturated carbocycles. The molecule has 2 atom stereocenters. The molecule has 0 bridgehead atoms. The third kappa shape index (κ3) is 3.12. The second-order valence-electron chi connectivity index (χ2n) is 5.11. The summed E-state index contributed by atoms with van der Waals surface area (Å²) in [6, 6.07) is 0. The maximum atomic E-state index is 6.07. The van der Waals surface area contributed by atoms with Crippen molar-refractivity contribution < 1.29 is 4.74 Å². The molecule has 4 nitrogen and oxygen atoms in total. The molecule has 0 saturated heterocycles. The summed E-state index contributed by atoms with van der Waals surface area (Å²) < 4.78 is 6.07. The van der Waals surface area contributed by atoms with E-state index in [0.29, 0.717) is 12.1 Å². The summed E-state index contributed by atoms with van der Waals surface area (Å²) in [6.07, 6.45) is 8.32. The Balaban J connectivity index is 2.04. The van der Waals surface area contributed by atoms with E-state index >= 15 is 0 Å². The van der Waals surface area contributed by atoms with E-state index in [-0.39, 0.29) is 0 Å². The predicted octanol–water partition coefficient (Wildman–Crippen LogP) is 3.17. The Labute approximate surface area is 109 Å². The first-order valence-electron chi connectivity index (χ1n) is 6.91. The molecule has 2 rings (SSSR count). The van der Waals surface area contributed by atoms with Gasteiger partial charge < -0.3 is 10.1 Å². The topological polar surface area (TPSA) is 47.0 Å². The van der Waals surface area contributed by atoms with E-state index in [9.17, 15) is 0 Å². The van der Waals surface area contributed by atoms with Gasteiger partial charge in [-0.05, 0) is 32.1 Å². The first-order valence-corrected chi connectivity index (χ1v) is 6.91. The zero-order valence-corrected chi connectivity index (χ0v) is 11.6. The quantitative estimate of drug-likeness (QED) is 0.890. The van der Waals surface area contributed by atoms with Crippen molar-refractivity contribution in [2.75, 3.05) is 12.4 Å². The minimum atomic E-state index is 0.321. The SMILES string of the molecule is CCC1CCCC(Oc2nc(NC)ncc2C)C1. The average molecular weight is 249 g/mol. The number of nitrogens with one attached hydrogen (secondary N) is 1. The molecule has 1 aliphatic rings. The lowest BCUT2D eigenvalue weighted by molar-refractivity contribution is 0.116. The summed E-state index contributed by atoms with van der Waals surface area (Å²) >= 11 is 0. The number of hydrogen-bond donors (Lipinski definition) is 1.